The molecule has 0 radical (unpaired) electrons. The van der Waals surface area contributed by atoms with Gasteiger partial charge in [0.1, 0.15) is 5.76 Å². The van der Waals surface area contributed by atoms with E-state index in [-0.39, 0.29) is 17.3 Å². The zero-order valence-electron chi connectivity index (χ0n) is 14.1. The number of hydrogen-bond donors (Lipinski definition) is 1. The predicted octanol–water partition coefficient (Wildman–Crippen LogP) is 2.63. The molecule has 1 amide bonds. The van der Waals surface area contributed by atoms with Crippen molar-refractivity contribution in [3.63, 3.8) is 0 Å². The highest BCUT2D eigenvalue weighted by Crippen LogP contribution is 2.23. The van der Waals surface area contributed by atoms with Crippen LogP contribution in [0.2, 0.25) is 0 Å². The molecule has 1 aromatic carbocycles. The minimum Gasteiger partial charge on any atom is -0.467 e. The van der Waals surface area contributed by atoms with Gasteiger partial charge >= 0.3 is 0 Å². The largest absolute Gasteiger partial charge is 0.467 e. The Kier molecular flexibility index (Phi) is 5.24. The molecule has 2 heterocycles. The maximum absolute atomic E-state index is 12.7. The van der Waals surface area contributed by atoms with Crippen LogP contribution in [0.3, 0.4) is 0 Å². The van der Waals surface area contributed by atoms with Gasteiger partial charge in [-0.1, -0.05) is 6.92 Å². The molecule has 1 aromatic heterocycles. The van der Waals surface area contributed by atoms with Crippen LogP contribution in [-0.2, 0) is 16.6 Å². The highest BCUT2D eigenvalue weighted by atomic mass is 32.2. The third-order valence-electron chi connectivity index (χ3n) is 4.38. The lowest BCUT2D eigenvalue weighted by molar-refractivity contribution is 0.0948. The molecule has 0 bridgehead atoms. The Labute approximate surface area is 147 Å². The Morgan fingerprint density at radius 2 is 2.04 bits per heavy atom. The zero-order valence-corrected chi connectivity index (χ0v) is 15.0. The van der Waals surface area contributed by atoms with Crippen LogP contribution >= 0.6 is 0 Å². The fourth-order valence-corrected chi connectivity index (χ4v) is 4.57. The third-order valence-corrected chi connectivity index (χ3v) is 6.26. The van der Waals surface area contributed by atoms with Crippen LogP contribution in [-0.4, -0.2) is 31.7 Å². The van der Waals surface area contributed by atoms with E-state index < -0.39 is 10.0 Å². The monoisotopic (exact) mass is 362 g/mol. The van der Waals surface area contributed by atoms with E-state index in [9.17, 15) is 13.2 Å². The van der Waals surface area contributed by atoms with Crippen molar-refractivity contribution in [3.05, 3.63) is 54.0 Å². The van der Waals surface area contributed by atoms with Gasteiger partial charge in [-0.25, -0.2) is 8.42 Å². The smallest absolute Gasteiger partial charge is 0.251 e. The Morgan fingerprint density at radius 3 is 2.68 bits per heavy atom. The summed E-state index contributed by atoms with van der Waals surface area (Å²) in [7, 11) is -3.50. The van der Waals surface area contributed by atoms with E-state index in [1.165, 1.54) is 28.6 Å². The minimum atomic E-state index is -3.50. The molecule has 1 atom stereocenters. The summed E-state index contributed by atoms with van der Waals surface area (Å²) in [4.78, 5) is 12.4. The molecule has 1 N–H and O–H groups in total. The van der Waals surface area contributed by atoms with Gasteiger partial charge in [0.05, 0.1) is 17.7 Å². The lowest BCUT2D eigenvalue weighted by Crippen LogP contribution is -2.39. The molecule has 1 aliphatic rings. The molecule has 3 rings (SSSR count). The number of amides is 1. The summed E-state index contributed by atoms with van der Waals surface area (Å²) < 4.78 is 32.1. The van der Waals surface area contributed by atoms with Crippen LogP contribution in [0.15, 0.2) is 52.0 Å². The average Bonchev–Trinajstić information content (AvgIpc) is 3.13. The normalized spacial score (nSPS) is 18.8. The number of nitrogens with zero attached hydrogens (tertiary/aromatic N) is 1. The topological polar surface area (TPSA) is 79.6 Å². The van der Waals surface area contributed by atoms with Gasteiger partial charge < -0.3 is 9.73 Å². The SMILES string of the molecule is CC1CCCN(S(=O)(=O)c2ccc(C(=O)NCc3ccco3)cc2)C1. The summed E-state index contributed by atoms with van der Waals surface area (Å²) in [6.07, 6.45) is 3.48. The highest BCUT2D eigenvalue weighted by molar-refractivity contribution is 7.89. The van der Waals surface area contributed by atoms with Crippen LogP contribution < -0.4 is 5.32 Å². The second-order valence-electron chi connectivity index (χ2n) is 6.40. The van der Waals surface area contributed by atoms with E-state index in [2.05, 4.69) is 12.2 Å². The molecular weight excluding hydrogens is 340 g/mol. The van der Waals surface area contributed by atoms with E-state index in [0.29, 0.717) is 30.3 Å². The van der Waals surface area contributed by atoms with Gasteiger partial charge in [0.15, 0.2) is 0 Å². The first-order valence-corrected chi connectivity index (χ1v) is 9.81. The van der Waals surface area contributed by atoms with Crippen LogP contribution in [0.5, 0.6) is 0 Å². The Morgan fingerprint density at radius 1 is 1.28 bits per heavy atom. The Balaban J connectivity index is 1.67. The third kappa shape index (κ3) is 4.11. The van der Waals surface area contributed by atoms with Crippen LogP contribution in [0.25, 0.3) is 0 Å². The summed E-state index contributed by atoms with van der Waals surface area (Å²) in [5.74, 6) is 0.758. The highest BCUT2D eigenvalue weighted by Gasteiger charge is 2.28. The molecule has 25 heavy (non-hydrogen) atoms. The van der Waals surface area contributed by atoms with E-state index in [0.717, 1.165) is 12.8 Å². The van der Waals surface area contributed by atoms with Gasteiger partial charge in [0, 0.05) is 18.7 Å². The maximum Gasteiger partial charge on any atom is 0.251 e. The molecule has 1 aliphatic heterocycles. The number of carbonyl (C=O) groups excluding carboxylic acids is 1. The number of sulfonamides is 1. The second-order valence-corrected chi connectivity index (χ2v) is 8.33. The van der Waals surface area contributed by atoms with Crippen molar-refractivity contribution in [2.75, 3.05) is 13.1 Å². The van der Waals surface area contributed by atoms with Crippen LogP contribution in [0, 0.1) is 5.92 Å². The van der Waals surface area contributed by atoms with Crippen molar-refractivity contribution in [2.45, 2.75) is 31.2 Å². The molecule has 1 unspecified atom stereocenters. The first-order valence-electron chi connectivity index (χ1n) is 8.37. The fraction of sp³-hybridized carbons (Fsp3) is 0.389. The molecular formula is C18H22N2O4S. The first-order chi connectivity index (χ1) is 12.0. The standard InChI is InChI=1S/C18H22N2O4S/c1-14-4-2-10-20(13-14)25(22,23)17-8-6-15(7-9-17)18(21)19-12-16-5-3-11-24-16/h3,5-9,11,14H,2,4,10,12-13H2,1H3,(H,19,21). The van der Waals surface area contributed by atoms with Crippen molar-refractivity contribution < 1.29 is 17.6 Å². The maximum atomic E-state index is 12.7. The molecule has 134 valence electrons. The van der Waals surface area contributed by atoms with Crippen molar-refractivity contribution in [1.29, 1.82) is 0 Å². The molecule has 2 aromatic rings. The van der Waals surface area contributed by atoms with Crippen molar-refractivity contribution in [1.82, 2.24) is 9.62 Å². The van der Waals surface area contributed by atoms with Gasteiger partial charge in [0.2, 0.25) is 10.0 Å². The van der Waals surface area contributed by atoms with Gasteiger partial charge in [-0.3, -0.25) is 4.79 Å². The van der Waals surface area contributed by atoms with E-state index >= 15 is 0 Å². The Hall–Kier alpha value is -2.12. The fourth-order valence-electron chi connectivity index (χ4n) is 2.97. The lowest BCUT2D eigenvalue weighted by Gasteiger charge is -2.30. The van der Waals surface area contributed by atoms with Gasteiger partial charge in [0.25, 0.3) is 5.91 Å². The number of piperidine rings is 1. The van der Waals surface area contributed by atoms with Gasteiger partial charge in [-0.15, -0.1) is 0 Å². The van der Waals surface area contributed by atoms with E-state index in [1.807, 2.05) is 0 Å². The van der Waals surface area contributed by atoms with Crippen LogP contribution in [0.4, 0.5) is 0 Å². The quantitative estimate of drug-likeness (QED) is 0.887. The minimum absolute atomic E-state index is 0.226. The second kappa shape index (κ2) is 7.41. The zero-order chi connectivity index (χ0) is 17.9. The summed E-state index contributed by atoms with van der Waals surface area (Å²) in [6.45, 7) is 3.46. The van der Waals surface area contributed by atoms with Crippen molar-refractivity contribution in [3.8, 4) is 0 Å². The van der Waals surface area contributed by atoms with Crippen molar-refractivity contribution >= 4 is 15.9 Å². The van der Waals surface area contributed by atoms with Gasteiger partial charge in [-0.2, -0.15) is 4.31 Å². The van der Waals surface area contributed by atoms with E-state index in [4.69, 9.17) is 4.42 Å². The molecule has 1 saturated heterocycles. The molecule has 0 saturated carbocycles. The summed E-state index contributed by atoms with van der Waals surface area (Å²) in [5.41, 5.74) is 0.414. The number of carbonyl (C=O) groups is 1. The first kappa shape index (κ1) is 17.7. The summed E-state index contributed by atoms with van der Waals surface area (Å²) >= 11 is 0. The number of hydrogen-bond acceptors (Lipinski definition) is 4. The number of rotatable bonds is 5. The summed E-state index contributed by atoms with van der Waals surface area (Å²) in [5, 5.41) is 2.74. The molecule has 7 heteroatoms. The lowest BCUT2D eigenvalue weighted by atomic mass is 10.0. The van der Waals surface area contributed by atoms with Gasteiger partial charge in [-0.05, 0) is 55.2 Å². The Bertz CT molecular complexity index is 813. The van der Waals surface area contributed by atoms with Crippen LogP contribution in [0.1, 0.15) is 35.9 Å². The van der Waals surface area contributed by atoms with Crippen molar-refractivity contribution in [2.24, 2.45) is 5.92 Å². The number of furan rings is 1. The number of nitrogens with one attached hydrogen (secondary N) is 1. The predicted molar refractivity (Wildman–Crippen MR) is 93.5 cm³/mol. The average molecular weight is 362 g/mol. The summed E-state index contributed by atoms with van der Waals surface area (Å²) in [6, 6.07) is 9.60. The molecule has 0 aliphatic carbocycles. The molecule has 1 fully saturated rings. The van der Waals surface area contributed by atoms with E-state index in [1.54, 1.807) is 18.4 Å². The molecule has 0 spiro atoms. The number of benzene rings is 1. The molecule has 6 nitrogen and oxygen atoms in total.